The maximum Gasteiger partial charge on any atom is 0.321 e. The number of rotatable bonds is 5. The normalized spacial score (nSPS) is 17.4. The number of imide groups is 1. The molecule has 0 bridgehead atoms. The Morgan fingerprint density at radius 2 is 1.94 bits per heavy atom. The van der Waals surface area contributed by atoms with E-state index in [0.29, 0.717) is 19.0 Å². The van der Waals surface area contributed by atoms with E-state index in [9.17, 15) is 9.59 Å². The lowest BCUT2D eigenvalue weighted by Crippen LogP contribution is -2.46. The molecule has 0 atom stereocenters. The molecule has 18 heavy (non-hydrogen) atoms. The number of piperidine rings is 1. The van der Waals surface area contributed by atoms with Gasteiger partial charge in [-0.3, -0.25) is 15.0 Å². The average Bonchev–Trinajstić information content (AvgIpc) is 2.32. The van der Waals surface area contributed by atoms with Crippen LogP contribution in [0.2, 0.25) is 0 Å². The number of nitrogens with zero attached hydrogens (tertiary/aromatic N) is 1. The summed E-state index contributed by atoms with van der Waals surface area (Å²) in [5, 5.41) is 8.04. The number of urea groups is 1. The molecule has 1 aliphatic rings. The second-order valence-electron chi connectivity index (χ2n) is 4.68. The minimum Gasteiger partial charge on any atom is -0.338 e. The molecule has 6 nitrogen and oxygen atoms in total. The van der Waals surface area contributed by atoms with Crippen LogP contribution < -0.4 is 16.0 Å². The highest BCUT2D eigenvalue weighted by atomic mass is 16.2. The van der Waals surface area contributed by atoms with Crippen LogP contribution in [0.1, 0.15) is 19.8 Å². The maximum atomic E-state index is 11.6. The van der Waals surface area contributed by atoms with E-state index in [1.165, 1.54) is 0 Å². The third-order valence-electron chi connectivity index (χ3n) is 3.16. The molecule has 0 aromatic heterocycles. The van der Waals surface area contributed by atoms with Crippen molar-refractivity contribution in [2.24, 2.45) is 5.92 Å². The summed E-state index contributed by atoms with van der Waals surface area (Å²) in [5.41, 5.74) is 0. The lowest BCUT2D eigenvalue weighted by molar-refractivity contribution is -0.121. The van der Waals surface area contributed by atoms with Crippen molar-refractivity contribution in [2.45, 2.75) is 19.8 Å². The Hall–Kier alpha value is -1.14. The van der Waals surface area contributed by atoms with Gasteiger partial charge in [0.05, 0.1) is 6.54 Å². The zero-order valence-electron chi connectivity index (χ0n) is 11.3. The molecule has 104 valence electrons. The van der Waals surface area contributed by atoms with E-state index < -0.39 is 6.03 Å². The number of hydrogen-bond donors (Lipinski definition) is 3. The summed E-state index contributed by atoms with van der Waals surface area (Å²) >= 11 is 0. The molecule has 1 rings (SSSR count). The van der Waals surface area contributed by atoms with Crippen LogP contribution in [0.3, 0.4) is 0 Å². The molecular weight excluding hydrogens is 232 g/mol. The first-order chi connectivity index (χ1) is 8.65. The van der Waals surface area contributed by atoms with Gasteiger partial charge in [-0.1, -0.05) is 0 Å². The Kier molecular flexibility index (Phi) is 6.67. The van der Waals surface area contributed by atoms with Gasteiger partial charge in [-0.2, -0.15) is 0 Å². The standard InChI is InChI=1S/C12H24N4O2/c1-3-14-12(18)15-11(17)9-16-6-4-10(5-7-16)8-13-2/h10,13H,3-9H2,1-2H3,(H2,14,15,17,18). The predicted octanol–water partition coefficient (Wildman–Crippen LogP) is -0.236. The molecule has 3 N–H and O–H groups in total. The van der Waals surface area contributed by atoms with Crippen LogP contribution in [-0.4, -0.2) is 56.6 Å². The average molecular weight is 256 g/mol. The van der Waals surface area contributed by atoms with Gasteiger partial charge < -0.3 is 10.6 Å². The zero-order valence-corrected chi connectivity index (χ0v) is 11.3. The number of nitrogens with one attached hydrogen (secondary N) is 3. The summed E-state index contributed by atoms with van der Waals surface area (Å²) in [4.78, 5) is 24.8. The van der Waals surface area contributed by atoms with Gasteiger partial charge in [0.2, 0.25) is 5.91 Å². The van der Waals surface area contributed by atoms with Crippen LogP contribution in [0.4, 0.5) is 4.79 Å². The highest BCUT2D eigenvalue weighted by Gasteiger charge is 2.20. The molecule has 1 fully saturated rings. The fourth-order valence-corrected chi connectivity index (χ4v) is 2.21. The van der Waals surface area contributed by atoms with Gasteiger partial charge in [0.1, 0.15) is 0 Å². The lowest BCUT2D eigenvalue weighted by atomic mass is 9.97. The first-order valence-electron chi connectivity index (χ1n) is 6.60. The van der Waals surface area contributed by atoms with Crippen molar-refractivity contribution in [3.05, 3.63) is 0 Å². The van der Waals surface area contributed by atoms with Gasteiger partial charge in [-0.25, -0.2) is 4.79 Å². The van der Waals surface area contributed by atoms with Crippen LogP contribution in [0.25, 0.3) is 0 Å². The smallest absolute Gasteiger partial charge is 0.321 e. The Bertz CT molecular complexity index is 275. The zero-order chi connectivity index (χ0) is 13.4. The molecule has 0 aromatic carbocycles. The van der Waals surface area contributed by atoms with E-state index in [2.05, 4.69) is 20.9 Å². The summed E-state index contributed by atoms with van der Waals surface area (Å²) in [7, 11) is 1.96. The van der Waals surface area contributed by atoms with Gasteiger partial charge >= 0.3 is 6.03 Å². The highest BCUT2D eigenvalue weighted by Crippen LogP contribution is 2.15. The van der Waals surface area contributed by atoms with E-state index in [0.717, 1.165) is 32.5 Å². The van der Waals surface area contributed by atoms with Gasteiger partial charge in [-0.15, -0.1) is 0 Å². The minimum absolute atomic E-state index is 0.229. The summed E-state index contributed by atoms with van der Waals surface area (Å²) in [6.45, 7) is 5.54. The highest BCUT2D eigenvalue weighted by molar-refractivity contribution is 5.95. The van der Waals surface area contributed by atoms with Crippen molar-refractivity contribution in [3.8, 4) is 0 Å². The molecule has 0 saturated carbocycles. The summed E-state index contributed by atoms with van der Waals surface area (Å²) < 4.78 is 0. The van der Waals surface area contributed by atoms with Gasteiger partial charge in [0.25, 0.3) is 0 Å². The van der Waals surface area contributed by atoms with Crippen LogP contribution in [0.5, 0.6) is 0 Å². The first kappa shape index (κ1) is 14.9. The molecule has 0 aromatic rings. The predicted molar refractivity (Wildman–Crippen MR) is 70.3 cm³/mol. The quantitative estimate of drug-likeness (QED) is 0.635. The number of amides is 3. The van der Waals surface area contributed by atoms with Crippen molar-refractivity contribution >= 4 is 11.9 Å². The largest absolute Gasteiger partial charge is 0.338 e. The molecular formula is C12H24N4O2. The van der Waals surface area contributed by atoms with Crippen LogP contribution >= 0.6 is 0 Å². The third kappa shape index (κ3) is 5.46. The Balaban J connectivity index is 2.20. The Morgan fingerprint density at radius 3 is 2.50 bits per heavy atom. The molecule has 0 radical (unpaired) electrons. The molecule has 3 amide bonds. The van der Waals surface area contributed by atoms with Crippen molar-refractivity contribution in [1.29, 1.82) is 0 Å². The van der Waals surface area contributed by atoms with Gasteiger partial charge in [0.15, 0.2) is 0 Å². The minimum atomic E-state index is -0.410. The molecule has 6 heteroatoms. The van der Waals surface area contributed by atoms with Gasteiger partial charge in [0, 0.05) is 6.54 Å². The fourth-order valence-electron chi connectivity index (χ4n) is 2.21. The summed E-state index contributed by atoms with van der Waals surface area (Å²) in [6.07, 6.45) is 2.21. The monoisotopic (exact) mass is 256 g/mol. The van der Waals surface area contributed by atoms with E-state index >= 15 is 0 Å². The maximum absolute atomic E-state index is 11.6. The second-order valence-corrected chi connectivity index (χ2v) is 4.68. The van der Waals surface area contributed by atoms with E-state index in [1.54, 1.807) is 0 Å². The number of hydrogen-bond acceptors (Lipinski definition) is 4. The van der Waals surface area contributed by atoms with Crippen molar-refractivity contribution < 1.29 is 9.59 Å². The van der Waals surface area contributed by atoms with Gasteiger partial charge in [-0.05, 0) is 52.4 Å². The molecule has 1 saturated heterocycles. The van der Waals surface area contributed by atoms with Crippen LogP contribution in [-0.2, 0) is 4.79 Å². The van der Waals surface area contributed by atoms with Crippen molar-refractivity contribution in [1.82, 2.24) is 20.9 Å². The fraction of sp³-hybridized carbons (Fsp3) is 0.833. The number of carbonyl (C=O) groups excluding carboxylic acids is 2. The molecule has 1 heterocycles. The Labute approximate surface area is 108 Å². The SMILES string of the molecule is CCNC(=O)NC(=O)CN1CCC(CNC)CC1. The van der Waals surface area contributed by atoms with Crippen molar-refractivity contribution in [2.75, 3.05) is 39.8 Å². The second kappa shape index (κ2) is 8.05. The number of likely N-dealkylation sites (tertiary alicyclic amines) is 1. The van der Waals surface area contributed by atoms with E-state index in [1.807, 2.05) is 14.0 Å². The van der Waals surface area contributed by atoms with E-state index in [-0.39, 0.29) is 5.91 Å². The third-order valence-corrected chi connectivity index (χ3v) is 3.16. The van der Waals surface area contributed by atoms with Crippen molar-refractivity contribution in [3.63, 3.8) is 0 Å². The lowest BCUT2D eigenvalue weighted by Gasteiger charge is -2.31. The summed E-state index contributed by atoms with van der Waals surface area (Å²) in [5.74, 6) is 0.478. The number of carbonyl (C=O) groups is 2. The topological polar surface area (TPSA) is 73.5 Å². The van der Waals surface area contributed by atoms with Crippen LogP contribution in [0.15, 0.2) is 0 Å². The molecule has 0 unspecified atom stereocenters. The molecule has 0 aliphatic carbocycles. The first-order valence-corrected chi connectivity index (χ1v) is 6.60. The Morgan fingerprint density at radius 1 is 1.28 bits per heavy atom. The summed E-state index contributed by atoms with van der Waals surface area (Å²) in [6, 6.07) is -0.410. The van der Waals surface area contributed by atoms with E-state index in [4.69, 9.17) is 0 Å². The molecule has 1 aliphatic heterocycles. The molecule has 0 spiro atoms. The van der Waals surface area contributed by atoms with Crippen LogP contribution in [0, 0.1) is 5.92 Å².